The number of carbonyl (C=O) groups excluding carboxylic acids is 2. The van der Waals surface area contributed by atoms with Gasteiger partial charge in [-0.3, -0.25) is 9.59 Å². The molecule has 2 atom stereocenters. The SMILES string of the molecule is COCCOc1ccc(C(C)NC(=O)C2CC(=O)N(C3CCCC3)C2)cc1OC. The maximum Gasteiger partial charge on any atom is 0.225 e. The number of rotatable bonds is 9. The van der Waals surface area contributed by atoms with E-state index in [-0.39, 0.29) is 23.8 Å². The van der Waals surface area contributed by atoms with Crippen molar-refractivity contribution >= 4 is 11.8 Å². The van der Waals surface area contributed by atoms with E-state index in [2.05, 4.69) is 5.32 Å². The normalized spacial score (nSPS) is 20.7. The zero-order chi connectivity index (χ0) is 20.8. The smallest absolute Gasteiger partial charge is 0.225 e. The first-order chi connectivity index (χ1) is 14.0. The lowest BCUT2D eigenvalue weighted by molar-refractivity contribution is -0.130. The number of nitrogens with zero attached hydrogens (tertiary/aromatic N) is 1. The van der Waals surface area contributed by atoms with Crippen LogP contribution >= 0.6 is 0 Å². The van der Waals surface area contributed by atoms with Crippen molar-refractivity contribution in [3.05, 3.63) is 23.8 Å². The molecule has 2 fully saturated rings. The predicted molar refractivity (Wildman–Crippen MR) is 109 cm³/mol. The lowest BCUT2D eigenvalue weighted by Crippen LogP contribution is -2.37. The van der Waals surface area contributed by atoms with E-state index in [1.807, 2.05) is 30.0 Å². The lowest BCUT2D eigenvalue weighted by atomic mass is 10.0. The van der Waals surface area contributed by atoms with Crippen molar-refractivity contribution in [3.8, 4) is 11.5 Å². The molecule has 7 heteroatoms. The summed E-state index contributed by atoms with van der Waals surface area (Å²) in [4.78, 5) is 27.1. The summed E-state index contributed by atoms with van der Waals surface area (Å²) >= 11 is 0. The molecule has 1 N–H and O–H groups in total. The van der Waals surface area contributed by atoms with E-state index in [1.54, 1.807) is 14.2 Å². The van der Waals surface area contributed by atoms with Crippen LogP contribution in [0, 0.1) is 5.92 Å². The highest BCUT2D eigenvalue weighted by Gasteiger charge is 2.38. The number of ether oxygens (including phenoxy) is 3. The van der Waals surface area contributed by atoms with Gasteiger partial charge in [0.2, 0.25) is 11.8 Å². The van der Waals surface area contributed by atoms with Crippen LogP contribution in [-0.2, 0) is 14.3 Å². The molecule has 1 aromatic carbocycles. The van der Waals surface area contributed by atoms with Crippen molar-refractivity contribution in [1.29, 1.82) is 0 Å². The number of carbonyl (C=O) groups is 2. The zero-order valence-electron chi connectivity index (χ0n) is 17.6. The van der Waals surface area contributed by atoms with Crippen LogP contribution in [0.5, 0.6) is 11.5 Å². The van der Waals surface area contributed by atoms with E-state index in [0.717, 1.165) is 18.4 Å². The summed E-state index contributed by atoms with van der Waals surface area (Å²) in [5, 5.41) is 3.06. The number of hydrogen-bond acceptors (Lipinski definition) is 5. The molecule has 29 heavy (non-hydrogen) atoms. The van der Waals surface area contributed by atoms with Gasteiger partial charge in [-0.1, -0.05) is 18.9 Å². The maximum atomic E-state index is 12.8. The molecule has 1 aliphatic carbocycles. The minimum absolute atomic E-state index is 0.0641. The van der Waals surface area contributed by atoms with Crippen LogP contribution in [-0.4, -0.2) is 56.7 Å². The second kappa shape index (κ2) is 9.96. The molecule has 0 spiro atoms. The van der Waals surface area contributed by atoms with Crippen molar-refractivity contribution in [2.75, 3.05) is 34.0 Å². The number of likely N-dealkylation sites (tertiary alicyclic amines) is 1. The van der Waals surface area contributed by atoms with Crippen LogP contribution in [0.4, 0.5) is 0 Å². The Balaban J connectivity index is 1.58. The molecular weight excluding hydrogens is 372 g/mol. The molecule has 2 unspecified atom stereocenters. The minimum atomic E-state index is -0.274. The molecule has 0 radical (unpaired) electrons. The fourth-order valence-electron chi connectivity index (χ4n) is 4.20. The number of methoxy groups -OCH3 is 2. The third-order valence-electron chi connectivity index (χ3n) is 5.89. The Morgan fingerprint density at radius 1 is 1.21 bits per heavy atom. The first-order valence-corrected chi connectivity index (χ1v) is 10.4. The second-order valence-electron chi connectivity index (χ2n) is 7.87. The van der Waals surface area contributed by atoms with Gasteiger partial charge in [-0.25, -0.2) is 0 Å². The van der Waals surface area contributed by atoms with E-state index in [4.69, 9.17) is 14.2 Å². The Morgan fingerprint density at radius 2 is 1.97 bits per heavy atom. The quantitative estimate of drug-likeness (QED) is 0.641. The van der Waals surface area contributed by atoms with Crippen LogP contribution in [0.2, 0.25) is 0 Å². The molecule has 2 amide bonds. The average molecular weight is 405 g/mol. The van der Waals surface area contributed by atoms with Crippen LogP contribution < -0.4 is 14.8 Å². The van der Waals surface area contributed by atoms with Crippen molar-refractivity contribution < 1.29 is 23.8 Å². The molecule has 1 heterocycles. The molecule has 1 aliphatic heterocycles. The Morgan fingerprint density at radius 3 is 2.66 bits per heavy atom. The highest BCUT2D eigenvalue weighted by Crippen LogP contribution is 2.32. The van der Waals surface area contributed by atoms with Crippen LogP contribution in [0.15, 0.2) is 18.2 Å². The largest absolute Gasteiger partial charge is 0.493 e. The number of hydrogen-bond donors (Lipinski definition) is 1. The van der Waals surface area contributed by atoms with Gasteiger partial charge in [0.05, 0.1) is 25.7 Å². The third kappa shape index (κ3) is 5.21. The van der Waals surface area contributed by atoms with Gasteiger partial charge >= 0.3 is 0 Å². The molecule has 0 bridgehead atoms. The molecule has 2 aliphatic rings. The Kier molecular flexibility index (Phi) is 7.36. The van der Waals surface area contributed by atoms with Gasteiger partial charge in [0.15, 0.2) is 11.5 Å². The average Bonchev–Trinajstić information content (AvgIpc) is 3.37. The summed E-state index contributed by atoms with van der Waals surface area (Å²) in [6.45, 7) is 3.41. The van der Waals surface area contributed by atoms with Crippen molar-refractivity contribution in [3.63, 3.8) is 0 Å². The van der Waals surface area contributed by atoms with E-state index in [1.165, 1.54) is 12.8 Å². The second-order valence-corrected chi connectivity index (χ2v) is 7.87. The van der Waals surface area contributed by atoms with Gasteiger partial charge in [0.25, 0.3) is 0 Å². The molecule has 1 saturated carbocycles. The van der Waals surface area contributed by atoms with Crippen molar-refractivity contribution in [1.82, 2.24) is 10.2 Å². The minimum Gasteiger partial charge on any atom is -0.493 e. The fraction of sp³-hybridized carbons (Fsp3) is 0.636. The van der Waals surface area contributed by atoms with Crippen LogP contribution in [0.1, 0.15) is 50.6 Å². The molecule has 160 valence electrons. The summed E-state index contributed by atoms with van der Waals surface area (Å²) in [6.07, 6.45) is 4.79. The van der Waals surface area contributed by atoms with Gasteiger partial charge in [0, 0.05) is 26.1 Å². The Labute approximate surface area is 172 Å². The monoisotopic (exact) mass is 404 g/mol. The molecule has 1 aromatic rings. The van der Waals surface area contributed by atoms with Crippen LogP contribution in [0.3, 0.4) is 0 Å². The predicted octanol–water partition coefficient (Wildman–Crippen LogP) is 2.69. The molecule has 7 nitrogen and oxygen atoms in total. The van der Waals surface area contributed by atoms with Gasteiger partial charge < -0.3 is 24.4 Å². The highest BCUT2D eigenvalue weighted by molar-refractivity contribution is 5.89. The Bertz CT molecular complexity index is 717. The fourth-order valence-corrected chi connectivity index (χ4v) is 4.20. The maximum absolute atomic E-state index is 12.8. The van der Waals surface area contributed by atoms with Crippen LogP contribution in [0.25, 0.3) is 0 Å². The molecule has 0 aromatic heterocycles. The summed E-state index contributed by atoms with van der Waals surface area (Å²) < 4.78 is 16.1. The highest BCUT2D eigenvalue weighted by atomic mass is 16.5. The summed E-state index contributed by atoms with van der Waals surface area (Å²) in [7, 11) is 3.21. The Hall–Kier alpha value is -2.28. The van der Waals surface area contributed by atoms with E-state index < -0.39 is 0 Å². The van der Waals surface area contributed by atoms with E-state index >= 15 is 0 Å². The summed E-state index contributed by atoms with van der Waals surface area (Å²) in [6, 6.07) is 5.76. The van der Waals surface area contributed by atoms with Crippen molar-refractivity contribution in [2.24, 2.45) is 5.92 Å². The van der Waals surface area contributed by atoms with Gasteiger partial charge in [-0.2, -0.15) is 0 Å². The standard InChI is InChI=1S/C22H32N2O5/c1-15(16-8-9-19(20(12-16)28-3)29-11-10-27-2)23-22(26)17-13-21(25)24(14-17)18-6-4-5-7-18/h8-9,12,15,17-18H,4-7,10-11,13-14H2,1-3H3,(H,23,26). The summed E-state index contributed by atoms with van der Waals surface area (Å²) in [5.41, 5.74) is 0.922. The van der Waals surface area contributed by atoms with Gasteiger partial charge in [-0.15, -0.1) is 0 Å². The lowest BCUT2D eigenvalue weighted by Gasteiger charge is -2.24. The number of benzene rings is 1. The number of amides is 2. The number of nitrogens with one attached hydrogen (secondary N) is 1. The topological polar surface area (TPSA) is 77.1 Å². The first kappa shape index (κ1) is 21.4. The van der Waals surface area contributed by atoms with Crippen molar-refractivity contribution in [2.45, 2.75) is 51.1 Å². The molecule has 1 saturated heterocycles. The third-order valence-corrected chi connectivity index (χ3v) is 5.89. The molecule has 3 rings (SSSR count). The first-order valence-electron chi connectivity index (χ1n) is 10.4. The zero-order valence-corrected chi connectivity index (χ0v) is 17.6. The van der Waals surface area contributed by atoms with Gasteiger partial charge in [-0.05, 0) is 37.5 Å². The van der Waals surface area contributed by atoms with Gasteiger partial charge in [0.1, 0.15) is 6.61 Å². The summed E-state index contributed by atoms with van der Waals surface area (Å²) in [5.74, 6) is 1.03. The van der Waals surface area contributed by atoms with E-state index in [0.29, 0.717) is 43.7 Å². The van der Waals surface area contributed by atoms with E-state index in [9.17, 15) is 9.59 Å². The molecular formula is C22H32N2O5.